The summed E-state index contributed by atoms with van der Waals surface area (Å²) in [5, 5.41) is 4.40. The lowest BCUT2D eigenvalue weighted by atomic mass is 10.2. The highest BCUT2D eigenvalue weighted by Gasteiger charge is 2.15. The molecule has 2 N–H and O–H groups in total. The van der Waals surface area contributed by atoms with Crippen LogP contribution in [0.2, 0.25) is 0 Å². The number of anilines is 1. The summed E-state index contributed by atoms with van der Waals surface area (Å²) in [6.45, 7) is 6.43. The van der Waals surface area contributed by atoms with E-state index in [0.717, 1.165) is 27.5 Å². The molecule has 0 atom stereocenters. The minimum Gasteiger partial charge on any atom is -0.465 e. The van der Waals surface area contributed by atoms with Gasteiger partial charge in [0.2, 0.25) is 0 Å². The summed E-state index contributed by atoms with van der Waals surface area (Å²) in [5.74, 6) is -0.299. The fourth-order valence-corrected chi connectivity index (χ4v) is 2.86. The summed E-state index contributed by atoms with van der Waals surface area (Å²) in [6, 6.07) is 1.86. The standard InChI is InChI=1S/C13H17N3O2S/c1-7-12(14)8(2)16(15-7)6-10-5-11(13(17)18-4)19-9(10)3/h5H,6,14H2,1-4H3. The van der Waals surface area contributed by atoms with Crippen LogP contribution in [0.5, 0.6) is 0 Å². The molecule has 0 spiro atoms. The number of nitrogens with two attached hydrogens (primary N) is 1. The molecule has 0 saturated heterocycles. The highest BCUT2D eigenvalue weighted by atomic mass is 32.1. The van der Waals surface area contributed by atoms with Crippen molar-refractivity contribution in [2.24, 2.45) is 0 Å². The number of aromatic nitrogens is 2. The Hall–Kier alpha value is -1.82. The van der Waals surface area contributed by atoms with Crippen molar-refractivity contribution in [3.8, 4) is 0 Å². The number of aryl methyl sites for hydroxylation is 2. The summed E-state index contributed by atoms with van der Waals surface area (Å²) in [4.78, 5) is 13.2. The third-order valence-electron chi connectivity index (χ3n) is 3.16. The molecule has 2 aromatic rings. The van der Waals surface area contributed by atoms with Gasteiger partial charge in [-0.15, -0.1) is 11.3 Å². The molecule has 2 rings (SSSR count). The van der Waals surface area contributed by atoms with E-state index in [-0.39, 0.29) is 5.97 Å². The Morgan fingerprint density at radius 1 is 1.47 bits per heavy atom. The average molecular weight is 279 g/mol. The Kier molecular flexibility index (Phi) is 3.61. The lowest BCUT2D eigenvalue weighted by molar-refractivity contribution is 0.0606. The van der Waals surface area contributed by atoms with Gasteiger partial charge in [-0.2, -0.15) is 5.10 Å². The van der Waals surface area contributed by atoms with Crippen LogP contribution in [0.3, 0.4) is 0 Å². The maximum atomic E-state index is 11.5. The second-order valence-electron chi connectivity index (χ2n) is 4.43. The molecule has 0 aliphatic heterocycles. The Labute approximate surface area is 116 Å². The molecule has 2 heterocycles. The van der Waals surface area contributed by atoms with Crippen molar-refractivity contribution in [3.63, 3.8) is 0 Å². The third-order valence-corrected chi connectivity index (χ3v) is 4.24. The number of rotatable bonds is 3. The molecular weight excluding hydrogens is 262 g/mol. The zero-order chi connectivity index (χ0) is 14.2. The Balaban J connectivity index is 2.31. The van der Waals surface area contributed by atoms with Gasteiger partial charge in [0.1, 0.15) is 4.88 Å². The SMILES string of the molecule is COC(=O)c1cc(Cn2nc(C)c(N)c2C)c(C)s1. The number of thiophene rings is 1. The van der Waals surface area contributed by atoms with Gasteiger partial charge in [0.25, 0.3) is 0 Å². The zero-order valence-electron chi connectivity index (χ0n) is 11.5. The summed E-state index contributed by atoms with van der Waals surface area (Å²) < 4.78 is 6.59. The van der Waals surface area contributed by atoms with Crippen LogP contribution < -0.4 is 5.73 Å². The molecule has 0 aromatic carbocycles. The number of nitrogens with zero attached hydrogens (tertiary/aromatic N) is 2. The number of hydrogen-bond donors (Lipinski definition) is 1. The molecule has 19 heavy (non-hydrogen) atoms. The number of carbonyl (C=O) groups is 1. The molecule has 0 radical (unpaired) electrons. The van der Waals surface area contributed by atoms with E-state index in [0.29, 0.717) is 11.4 Å². The first-order chi connectivity index (χ1) is 8.93. The van der Waals surface area contributed by atoms with Crippen molar-refractivity contribution in [2.45, 2.75) is 27.3 Å². The van der Waals surface area contributed by atoms with Crippen LogP contribution in [-0.4, -0.2) is 22.9 Å². The lowest BCUT2D eigenvalue weighted by Crippen LogP contribution is -2.04. The van der Waals surface area contributed by atoms with E-state index in [4.69, 9.17) is 10.5 Å². The molecule has 0 aliphatic rings. The van der Waals surface area contributed by atoms with E-state index in [9.17, 15) is 4.79 Å². The first-order valence-electron chi connectivity index (χ1n) is 5.91. The van der Waals surface area contributed by atoms with Crippen molar-refractivity contribution < 1.29 is 9.53 Å². The van der Waals surface area contributed by atoms with Crippen molar-refractivity contribution >= 4 is 23.0 Å². The van der Waals surface area contributed by atoms with Gasteiger partial charge >= 0.3 is 5.97 Å². The Morgan fingerprint density at radius 3 is 2.68 bits per heavy atom. The zero-order valence-corrected chi connectivity index (χ0v) is 12.3. The lowest BCUT2D eigenvalue weighted by Gasteiger charge is -2.03. The van der Waals surface area contributed by atoms with E-state index in [1.165, 1.54) is 18.4 Å². The first kappa shape index (κ1) is 13.6. The largest absolute Gasteiger partial charge is 0.465 e. The number of hydrogen-bond acceptors (Lipinski definition) is 5. The average Bonchev–Trinajstić information content (AvgIpc) is 2.86. The minimum absolute atomic E-state index is 0.299. The van der Waals surface area contributed by atoms with Crippen LogP contribution in [0.15, 0.2) is 6.07 Å². The molecule has 0 amide bonds. The first-order valence-corrected chi connectivity index (χ1v) is 6.72. The molecule has 102 valence electrons. The van der Waals surface area contributed by atoms with Crippen LogP contribution in [0.4, 0.5) is 5.69 Å². The van der Waals surface area contributed by atoms with Gasteiger partial charge < -0.3 is 10.5 Å². The second kappa shape index (κ2) is 5.05. The molecular formula is C13H17N3O2S. The summed E-state index contributed by atoms with van der Waals surface area (Å²) in [7, 11) is 1.39. The summed E-state index contributed by atoms with van der Waals surface area (Å²) in [6.07, 6.45) is 0. The number of methoxy groups -OCH3 is 1. The molecule has 0 bridgehead atoms. The van der Waals surface area contributed by atoms with E-state index in [1.807, 2.05) is 31.5 Å². The van der Waals surface area contributed by atoms with Gasteiger partial charge in [-0.05, 0) is 32.4 Å². The van der Waals surface area contributed by atoms with Gasteiger partial charge in [0.05, 0.1) is 30.7 Å². The number of esters is 1. The summed E-state index contributed by atoms with van der Waals surface area (Å²) in [5.41, 5.74) is 9.48. The monoisotopic (exact) mass is 279 g/mol. The van der Waals surface area contributed by atoms with Crippen molar-refractivity contribution in [2.75, 3.05) is 12.8 Å². The predicted octanol–water partition coefficient (Wildman–Crippen LogP) is 2.29. The highest BCUT2D eigenvalue weighted by molar-refractivity contribution is 7.14. The van der Waals surface area contributed by atoms with E-state index in [2.05, 4.69) is 5.10 Å². The number of carbonyl (C=O) groups excluding carboxylic acids is 1. The van der Waals surface area contributed by atoms with Crippen LogP contribution in [0.1, 0.15) is 31.5 Å². The van der Waals surface area contributed by atoms with Crippen molar-refractivity contribution in [3.05, 3.63) is 32.8 Å². The molecule has 0 fully saturated rings. The van der Waals surface area contributed by atoms with E-state index in [1.54, 1.807) is 0 Å². The Bertz CT molecular complexity index is 628. The molecule has 0 unspecified atom stereocenters. The van der Waals surface area contributed by atoms with Gasteiger partial charge in [-0.25, -0.2) is 4.79 Å². The third kappa shape index (κ3) is 2.49. The topological polar surface area (TPSA) is 70.1 Å². The normalized spacial score (nSPS) is 10.7. The van der Waals surface area contributed by atoms with Gasteiger partial charge in [-0.1, -0.05) is 0 Å². The highest BCUT2D eigenvalue weighted by Crippen LogP contribution is 2.24. The minimum atomic E-state index is -0.299. The quantitative estimate of drug-likeness (QED) is 0.875. The summed E-state index contributed by atoms with van der Waals surface area (Å²) >= 11 is 1.44. The van der Waals surface area contributed by atoms with Crippen LogP contribution in [-0.2, 0) is 11.3 Å². The fraction of sp³-hybridized carbons (Fsp3) is 0.385. The molecule has 6 heteroatoms. The molecule has 0 aliphatic carbocycles. The smallest absolute Gasteiger partial charge is 0.348 e. The van der Waals surface area contributed by atoms with Crippen LogP contribution in [0, 0.1) is 20.8 Å². The fourth-order valence-electron chi connectivity index (χ4n) is 1.90. The Morgan fingerprint density at radius 2 is 2.16 bits per heavy atom. The van der Waals surface area contributed by atoms with Gasteiger partial charge in [0, 0.05) is 4.88 Å². The maximum Gasteiger partial charge on any atom is 0.348 e. The molecule has 0 saturated carbocycles. The molecule has 2 aromatic heterocycles. The number of nitrogen functional groups attached to an aromatic ring is 1. The van der Waals surface area contributed by atoms with E-state index >= 15 is 0 Å². The maximum absolute atomic E-state index is 11.5. The van der Waals surface area contributed by atoms with Gasteiger partial charge in [0.15, 0.2) is 0 Å². The molecule has 5 nitrogen and oxygen atoms in total. The second-order valence-corrected chi connectivity index (χ2v) is 5.68. The predicted molar refractivity (Wildman–Crippen MR) is 75.6 cm³/mol. The van der Waals surface area contributed by atoms with Crippen molar-refractivity contribution in [1.29, 1.82) is 0 Å². The van der Waals surface area contributed by atoms with Crippen LogP contribution in [0.25, 0.3) is 0 Å². The van der Waals surface area contributed by atoms with Crippen LogP contribution >= 0.6 is 11.3 Å². The van der Waals surface area contributed by atoms with Gasteiger partial charge in [-0.3, -0.25) is 4.68 Å². The number of ether oxygens (including phenoxy) is 1. The van der Waals surface area contributed by atoms with Crippen molar-refractivity contribution in [1.82, 2.24) is 9.78 Å². The van der Waals surface area contributed by atoms with E-state index < -0.39 is 0 Å².